The molecule has 4 rings (SSSR count). The molecule has 1 unspecified atom stereocenters. The normalized spacial score (nSPS) is 17.1. The SMILES string of the molecule is CC(C)CC(C)C(C)(C)C(=O)N1C(=O)CCc2ccc(OCCCCN3CCN(c4cccc(Cl)c4Cl)CC3)cc21. The standard InChI is InChI=1S/C33H45Cl2N3O3/c1-23(2)21-24(3)33(4,5)32(40)38-29-22-26(13-11-25(29)12-14-30(38)39)41-20-7-6-15-36-16-18-37(19-17-36)28-10-8-9-27(34)31(28)35/h8-11,13,22-24H,6-7,12,14-21H2,1-5H3. The molecular formula is C33H45Cl2N3O3. The lowest BCUT2D eigenvalue weighted by Crippen LogP contribution is -2.49. The second-order valence-corrected chi connectivity index (χ2v) is 13.3. The van der Waals surface area contributed by atoms with E-state index in [1.54, 1.807) is 0 Å². The van der Waals surface area contributed by atoms with E-state index in [-0.39, 0.29) is 17.7 Å². The number of amides is 2. The van der Waals surface area contributed by atoms with Gasteiger partial charge in [-0.25, -0.2) is 4.90 Å². The van der Waals surface area contributed by atoms with E-state index in [2.05, 4.69) is 30.6 Å². The van der Waals surface area contributed by atoms with Gasteiger partial charge in [0.25, 0.3) is 0 Å². The molecule has 0 spiro atoms. The summed E-state index contributed by atoms with van der Waals surface area (Å²) in [6.07, 6.45) is 3.90. The van der Waals surface area contributed by atoms with Crippen LogP contribution in [0.15, 0.2) is 36.4 Å². The van der Waals surface area contributed by atoms with Crippen LogP contribution in [0.25, 0.3) is 0 Å². The Morgan fingerprint density at radius 3 is 2.41 bits per heavy atom. The molecule has 41 heavy (non-hydrogen) atoms. The average Bonchev–Trinajstić information content (AvgIpc) is 2.94. The van der Waals surface area contributed by atoms with Gasteiger partial charge in [-0.3, -0.25) is 14.5 Å². The molecule has 1 fully saturated rings. The zero-order valence-electron chi connectivity index (χ0n) is 25.2. The predicted molar refractivity (Wildman–Crippen MR) is 169 cm³/mol. The largest absolute Gasteiger partial charge is 0.494 e. The van der Waals surface area contributed by atoms with Crippen molar-refractivity contribution in [2.75, 3.05) is 49.1 Å². The number of piperazine rings is 1. The van der Waals surface area contributed by atoms with Crippen LogP contribution in [0, 0.1) is 17.3 Å². The topological polar surface area (TPSA) is 53.1 Å². The van der Waals surface area contributed by atoms with Gasteiger partial charge in [-0.1, -0.05) is 70.0 Å². The van der Waals surface area contributed by atoms with Gasteiger partial charge in [-0.05, 0) is 67.8 Å². The summed E-state index contributed by atoms with van der Waals surface area (Å²) in [5, 5.41) is 1.22. The van der Waals surface area contributed by atoms with Crippen molar-refractivity contribution in [3.8, 4) is 5.75 Å². The van der Waals surface area contributed by atoms with Crippen molar-refractivity contribution in [3.63, 3.8) is 0 Å². The number of unbranched alkanes of at least 4 members (excludes halogenated alkanes) is 1. The van der Waals surface area contributed by atoms with E-state index in [9.17, 15) is 9.59 Å². The third kappa shape index (κ3) is 7.57. The van der Waals surface area contributed by atoms with Crippen molar-refractivity contribution >= 4 is 46.4 Å². The van der Waals surface area contributed by atoms with E-state index in [4.69, 9.17) is 27.9 Å². The maximum atomic E-state index is 13.8. The molecule has 0 bridgehead atoms. The number of imide groups is 1. The summed E-state index contributed by atoms with van der Waals surface area (Å²) in [6, 6.07) is 11.6. The third-order valence-corrected chi connectivity index (χ3v) is 9.56. The van der Waals surface area contributed by atoms with Gasteiger partial charge in [0, 0.05) is 44.1 Å². The Balaban J connectivity index is 1.28. The highest BCUT2D eigenvalue weighted by atomic mass is 35.5. The number of carbonyl (C=O) groups excluding carboxylic acids is 2. The lowest BCUT2D eigenvalue weighted by atomic mass is 9.74. The molecule has 8 heteroatoms. The van der Waals surface area contributed by atoms with Gasteiger partial charge in [-0.2, -0.15) is 0 Å². The molecule has 2 aliphatic heterocycles. The van der Waals surface area contributed by atoms with Crippen molar-refractivity contribution in [2.24, 2.45) is 17.3 Å². The number of hydrogen-bond acceptors (Lipinski definition) is 5. The quantitative estimate of drug-likeness (QED) is 0.250. The highest BCUT2D eigenvalue weighted by molar-refractivity contribution is 6.43. The third-order valence-electron chi connectivity index (χ3n) is 8.75. The van der Waals surface area contributed by atoms with E-state index in [0.717, 1.165) is 63.2 Å². The summed E-state index contributed by atoms with van der Waals surface area (Å²) in [4.78, 5) is 33.0. The Kier molecular flexibility index (Phi) is 10.6. The zero-order valence-corrected chi connectivity index (χ0v) is 26.7. The first-order valence-corrected chi connectivity index (χ1v) is 15.8. The molecule has 2 amide bonds. The number of hydrogen-bond donors (Lipinski definition) is 0. The summed E-state index contributed by atoms with van der Waals surface area (Å²) in [6.45, 7) is 15.8. The van der Waals surface area contributed by atoms with Crippen molar-refractivity contribution in [1.29, 1.82) is 0 Å². The molecule has 1 saturated heterocycles. The number of fused-ring (bicyclic) bond motifs is 1. The van der Waals surface area contributed by atoms with E-state index in [1.165, 1.54) is 4.90 Å². The highest BCUT2D eigenvalue weighted by Gasteiger charge is 2.42. The second kappa shape index (κ2) is 13.8. The summed E-state index contributed by atoms with van der Waals surface area (Å²) in [5.74, 6) is 1.11. The van der Waals surface area contributed by atoms with Gasteiger partial charge < -0.3 is 9.64 Å². The van der Waals surface area contributed by atoms with Gasteiger partial charge in [0.15, 0.2) is 0 Å². The molecule has 0 saturated carbocycles. The summed E-state index contributed by atoms with van der Waals surface area (Å²) < 4.78 is 6.11. The Morgan fingerprint density at radius 2 is 1.71 bits per heavy atom. The minimum atomic E-state index is -0.642. The molecule has 0 aromatic heterocycles. The molecule has 0 radical (unpaired) electrons. The first-order valence-electron chi connectivity index (χ1n) is 15.0. The van der Waals surface area contributed by atoms with Crippen LogP contribution in [0.3, 0.4) is 0 Å². The van der Waals surface area contributed by atoms with Gasteiger partial charge in [-0.15, -0.1) is 0 Å². The van der Waals surface area contributed by atoms with Crippen LogP contribution in [0.5, 0.6) is 5.75 Å². The minimum Gasteiger partial charge on any atom is -0.494 e. The number of ether oxygens (including phenoxy) is 1. The van der Waals surface area contributed by atoms with Crippen molar-refractivity contribution in [2.45, 2.75) is 66.7 Å². The Hall–Kier alpha value is -2.28. The number of aryl methyl sites for hydroxylation is 1. The minimum absolute atomic E-state index is 0.119. The van der Waals surface area contributed by atoms with Crippen LogP contribution in [0.1, 0.15) is 65.9 Å². The van der Waals surface area contributed by atoms with Crippen LogP contribution in [-0.4, -0.2) is 56.0 Å². The van der Waals surface area contributed by atoms with Gasteiger partial charge in [0.05, 0.1) is 28.0 Å². The monoisotopic (exact) mass is 601 g/mol. The first kappa shape index (κ1) is 31.7. The molecule has 0 aliphatic carbocycles. The number of benzene rings is 2. The lowest BCUT2D eigenvalue weighted by molar-refractivity contribution is -0.134. The molecule has 2 heterocycles. The van der Waals surface area contributed by atoms with E-state index in [0.29, 0.717) is 46.8 Å². The molecule has 1 atom stereocenters. The number of anilines is 2. The van der Waals surface area contributed by atoms with Gasteiger partial charge in [0.2, 0.25) is 11.8 Å². The molecule has 2 aromatic rings. The predicted octanol–water partition coefficient (Wildman–Crippen LogP) is 7.49. The van der Waals surface area contributed by atoms with E-state index in [1.807, 2.05) is 50.2 Å². The average molecular weight is 603 g/mol. The van der Waals surface area contributed by atoms with Crippen LogP contribution >= 0.6 is 23.2 Å². The molecule has 224 valence electrons. The second-order valence-electron chi connectivity index (χ2n) is 12.5. The summed E-state index contributed by atoms with van der Waals surface area (Å²) in [5.41, 5.74) is 2.08. The van der Waals surface area contributed by atoms with Crippen molar-refractivity contribution in [3.05, 3.63) is 52.0 Å². The molecular weight excluding hydrogens is 557 g/mol. The summed E-state index contributed by atoms with van der Waals surface area (Å²) in [7, 11) is 0. The maximum absolute atomic E-state index is 13.8. The maximum Gasteiger partial charge on any atom is 0.239 e. The fourth-order valence-corrected chi connectivity index (χ4v) is 6.26. The van der Waals surface area contributed by atoms with Crippen LogP contribution in [-0.2, 0) is 16.0 Å². The Morgan fingerprint density at radius 1 is 0.976 bits per heavy atom. The number of rotatable bonds is 11. The number of nitrogens with zero attached hydrogens (tertiary/aromatic N) is 3. The van der Waals surface area contributed by atoms with Gasteiger partial charge in [0.1, 0.15) is 5.75 Å². The van der Waals surface area contributed by atoms with Crippen LogP contribution in [0.4, 0.5) is 11.4 Å². The molecule has 2 aromatic carbocycles. The number of halogens is 2. The summed E-state index contributed by atoms with van der Waals surface area (Å²) >= 11 is 12.6. The Labute approximate surface area is 255 Å². The highest BCUT2D eigenvalue weighted by Crippen LogP contribution is 2.39. The van der Waals surface area contributed by atoms with E-state index < -0.39 is 5.41 Å². The van der Waals surface area contributed by atoms with Gasteiger partial charge >= 0.3 is 0 Å². The van der Waals surface area contributed by atoms with Crippen LogP contribution in [0.2, 0.25) is 10.0 Å². The fraction of sp³-hybridized carbons (Fsp3) is 0.576. The van der Waals surface area contributed by atoms with Crippen molar-refractivity contribution in [1.82, 2.24) is 4.90 Å². The molecule has 0 N–H and O–H groups in total. The van der Waals surface area contributed by atoms with Crippen molar-refractivity contribution < 1.29 is 14.3 Å². The van der Waals surface area contributed by atoms with Crippen LogP contribution < -0.4 is 14.5 Å². The first-order chi connectivity index (χ1) is 19.5. The lowest BCUT2D eigenvalue weighted by Gasteiger charge is -2.38. The molecule has 6 nitrogen and oxygen atoms in total. The number of carbonyl (C=O) groups is 2. The zero-order chi connectivity index (χ0) is 29.7. The Bertz CT molecular complexity index is 1220. The fourth-order valence-electron chi connectivity index (χ4n) is 5.84. The van der Waals surface area contributed by atoms with E-state index >= 15 is 0 Å². The molecule has 2 aliphatic rings. The smallest absolute Gasteiger partial charge is 0.239 e.